The highest BCUT2D eigenvalue weighted by Crippen LogP contribution is 2.39. The topological polar surface area (TPSA) is 83.1 Å². The smallest absolute Gasteiger partial charge is 0.246 e. The molecule has 0 atom stereocenters. The Hall–Kier alpha value is -3.17. The normalized spacial score (nSPS) is 21.1. The van der Waals surface area contributed by atoms with E-state index in [0.717, 1.165) is 99.5 Å². The SMILES string of the molecule is C=CC(=O)N1CC(N2CCC(c3cc4c(cn3)OCc3c(N5CCOCC5)ccnc3N4)CC2)C1. The first-order valence-corrected chi connectivity index (χ1v) is 12.6. The number of aromatic nitrogens is 2. The molecule has 0 bridgehead atoms. The van der Waals surface area contributed by atoms with Gasteiger partial charge in [-0.15, -0.1) is 0 Å². The Morgan fingerprint density at radius 3 is 2.71 bits per heavy atom. The molecule has 9 heteroatoms. The van der Waals surface area contributed by atoms with Crippen molar-refractivity contribution >= 4 is 23.1 Å². The second kappa shape index (κ2) is 9.47. The van der Waals surface area contributed by atoms with Gasteiger partial charge in [0.05, 0.1) is 30.7 Å². The molecular weight excluding hydrogens is 444 g/mol. The molecule has 184 valence electrons. The fourth-order valence-electron chi connectivity index (χ4n) is 5.56. The lowest BCUT2D eigenvalue weighted by Crippen LogP contribution is -2.61. The van der Waals surface area contributed by atoms with Gasteiger partial charge < -0.3 is 24.6 Å². The van der Waals surface area contributed by atoms with Crippen LogP contribution in [0.1, 0.15) is 30.0 Å². The van der Waals surface area contributed by atoms with Crippen LogP contribution in [-0.4, -0.2) is 84.2 Å². The maximum absolute atomic E-state index is 11.7. The Kier molecular flexibility index (Phi) is 6.03. The summed E-state index contributed by atoms with van der Waals surface area (Å²) in [7, 11) is 0. The second-order valence-corrected chi connectivity index (χ2v) is 9.69. The number of ether oxygens (including phenoxy) is 2. The predicted octanol–water partition coefficient (Wildman–Crippen LogP) is 2.53. The lowest BCUT2D eigenvalue weighted by molar-refractivity contribution is -0.133. The molecule has 0 radical (unpaired) electrons. The highest BCUT2D eigenvalue weighted by molar-refractivity contribution is 5.87. The first-order chi connectivity index (χ1) is 17.2. The Morgan fingerprint density at radius 1 is 1.14 bits per heavy atom. The van der Waals surface area contributed by atoms with E-state index in [9.17, 15) is 4.79 Å². The van der Waals surface area contributed by atoms with E-state index in [1.165, 1.54) is 6.08 Å². The molecular formula is C26H32N6O3. The van der Waals surface area contributed by atoms with Crippen molar-refractivity contribution in [2.24, 2.45) is 0 Å². The van der Waals surface area contributed by atoms with E-state index in [1.54, 1.807) is 0 Å². The summed E-state index contributed by atoms with van der Waals surface area (Å²) in [6.45, 7) is 11.0. The van der Waals surface area contributed by atoms with Gasteiger partial charge in [-0.25, -0.2) is 4.98 Å². The molecule has 2 aromatic heterocycles. The second-order valence-electron chi connectivity index (χ2n) is 9.69. The Bertz CT molecular complexity index is 1100. The summed E-state index contributed by atoms with van der Waals surface area (Å²) in [4.78, 5) is 27.9. The zero-order valence-electron chi connectivity index (χ0n) is 20.0. The van der Waals surface area contributed by atoms with Gasteiger partial charge in [-0.2, -0.15) is 0 Å². The summed E-state index contributed by atoms with van der Waals surface area (Å²) in [6, 6.07) is 4.68. The number of anilines is 3. The van der Waals surface area contributed by atoms with Crippen molar-refractivity contribution in [3.05, 3.63) is 48.4 Å². The lowest BCUT2D eigenvalue weighted by Gasteiger charge is -2.47. The average molecular weight is 477 g/mol. The number of pyridine rings is 2. The summed E-state index contributed by atoms with van der Waals surface area (Å²) in [5, 5.41) is 3.54. The predicted molar refractivity (Wildman–Crippen MR) is 133 cm³/mol. The molecule has 6 rings (SSSR count). The van der Waals surface area contributed by atoms with Crippen LogP contribution >= 0.6 is 0 Å². The van der Waals surface area contributed by atoms with Crippen molar-refractivity contribution in [2.75, 3.05) is 62.7 Å². The quantitative estimate of drug-likeness (QED) is 0.675. The summed E-state index contributed by atoms with van der Waals surface area (Å²) < 4.78 is 11.7. The third-order valence-corrected chi connectivity index (χ3v) is 7.71. The summed E-state index contributed by atoms with van der Waals surface area (Å²) in [5.74, 6) is 2.06. The minimum Gasteiger partial charge on any atom is -0.485 e. The molecule has 6 heterocycles. The maximum Gasteiger partial charge on any atom is 0.246 e. The molecule has 0 saturated carbocycles. The summed E-state index contributed by atoms with van der Waals surface area (Å²) in [5.41, 5.74) is 4.26. The Labute approximate surface area is 205 Å². The first-order valence-electron chi connectivity index (χ1n) is 12.6. The molecule has 2 aromatic rings. The van der Waals surface area contributed by atoms with Gasteiger partial charge in [0.15, 0.2) is 5.75 Å². The average Bonchev–Trinajstić information content (AvgIpc) is 3.07. The van der Waals surface area contributed by atoms with E-state index in [-0.39, 0.29) is 5.91 Å². The molecule has 4 aliphatic rings. The molecule has 1 N–H and O–H groups in total. The number of fused-ring (bicyclic) bond motifs is 2. The van der Waals surface area contributed by atoms with Crippen LogP contribution in [0.3, 0.4) is 0 Å². The van der Waals surface area contributed by atoms with Crippen molar-refractivity contribution in [2.45, 2.75) is 31.4 Å². The van der Waals surface area contributed by atoms with Crippen LogP contribution in [0.5, 0.6) is 5.75 Å². The number of hydrogen-bond acceptors (Lipinski definition) is 8. The van der Waals surface area contributed by atoms with Gasteiger partial charge >= 0.3 is 0 Å². The van der Waals surface area contributed by atoms with E-state index < -0.39 is 0 Å². The minimum atomic E-state index is 0.0353. The number of morpholine rings is 1. The Morgan fingerprint density at radius 2 is 1.94 bits per heavy atom. The van der Waals surface area contributed by atoms with Crippen molar-refractivity contribution < 1.29 is 14.3 Å². The highest BCUT2D eigenvalue weighted by atomic mass is 16.5. The number of carbonyl (C=O) groups is 1. The largest absolute Gasteiger partial charge is 0.485 e. The number of amides is 1. The Balaban J connectivity index is 1.13. The monoisotopic (exact) mass is 476 g/mol. The van der Waals surface area contributed by atoms with Crippen LogP contribution < -0.4 is 15.0 Å². The van der Waals surface area contributed by atoms with Crippen LogP contribution in [0, 0.1) is 0 Å². The molecule has 0 unspecified atom stereocenters. The van der Waals surface area contributed by atoms with Gasteiger partial charge in [-0.05, 0) is 44.1 Å². The fourth-order valence-corrected chi connectivity index (χ4v) is 5.56. The zero-order valence-corrected chi connectivity index (χ0v) is 20.0. The standard InChI is InChI=1S/C26H32N6O3/c1-2-25(33)32-15-19(16-32)30-7-4-18(5-8-30)21-13-22-24(14-28-21)35-17-20-23(3-6-27-26(20)29-22)31-9-11-34-12-10-31/h2-3,6,13-14,18-19H,1,4-5,7-12,15-17H2,(H,27,29). The third-order valence-electron chi connectivity index (χ3n) is 7.71. The number of nitrogens with one attached hydrogen (secondary N) is 1. The molecule has 9 nitrogen and oxygen atoms in total. The maximum atomic E-state index is 11.7. The van der Waals surface area contributed by atoms with E-state index >= 15 is 0 Å². The van der Waals surface area contributed by atoms with Crippen molar-refractivity contribution in [1.82, 2.24) is 19.8 Å². The van der Waals surface area contributed by atoms with Gasteiger partial charge in [0.2, 0.25) is 5.91 Å². The molecule has 3 saturated heterocycles. The van der Waals surface area contributed by atoms with E-state index in [4.69, 9.17) is 14.5 Å². The number of nitrogens with zero attached hydrogens (tertiary/aromatic N) is 5. The van der Waals surface area contributed by atoms with Crippen molar-refractivity contribution in [3.8, 4) is 5.75 Å². The lowest BCUT2D eigenvalue weighted by atomic mass is 9.91. The minimum absolute atomic E-state index is 0.0353. The van der Waals surface area contributed by atoms with Crippen LogP contribution in [0.15, 0.2) is 37.2 Å². The number of rotatable bonds is 4. The number of piperidine rings is 1. The van der Waals surface area contributed by atoms with Crippen molar-refractivity contribution in [1.29, 1.82) is 0 Å². The molecule has 0 spiro atoms. The van der Waals surface area contributed by atoms with Gasteiger partial charge in [0.1, 0.15) is 12.4 Å². The van der Waals surface area contributed by atoms with E-state index in [0.29, 0.717) is 18.6 Å². The van der Waals surface area contributed by atoms with E-state index in [1.807, 2.05) is 17.3 Å². The van der Waals surface area contributed by atoms with Crippen LogP contribution in [0.4, 0.5) is 17.2 Å². The van der Waals surface area contributed by atoms with E-state index in [2.05, 4.69) is 38.8 Å². The molecule has 0 aliphatic carbocycles. The zero-order chi connectivity index (χ0) is 23.8. The van der Waals surface area contributed by atoms with Gasteiger partial charge in [0.25, 0.3) is 0 Å². The third kappa shape index (κ3) is 4.34. The molecule has 0 aromatic carbocycles. The number of likely N-dealkylation sites (tertiary alicyclic amines) is 2. The molecule has 4 aliphatic heterocycles. The summed E-state index contributed by atoms with van der Waals surface area (Å²) in [6.07, 6.45) is 7.25. The van der Waals surface area contributed by atoms with Crippen LogP contribution in [0.2, 0.25) is 0 Å². The highest BCUT2D eigenvalue weighted by Gasteiger charge is 2.36. The summed E-state index contributed by atoms with van der Waals surface area (Å²) >= 11 is 0. The van der Waals surface area contributed by atoms with Gasteiger partial charge in [-0.3, -0.25) is 14.7 Å². The first kappa shape index (κ1) is 22.3. The molecule has 35 heavy (non-hydrogen) atoms. The molecule has 3 fully saturated rings. The van der Waals surface area contributed by atoms with Crippen molar-refractivity contribution in [3.63, 3.8) is 0 Å². The fraction of sp³-hybridized carbons (Fsp3) is 0.500. The van der Waals surface area contributed by atoms with Gasteiger partial charge in [0, 0.05) is 55.7 Å². The number of carbonyl (C=O) groups excluding carboxylic acids is 1. The molecule has 1 amide bonds. The number of hydrogen-bond donors (Lipinski definition) is 1. The van der Waals surface area contributed by atoms with Crippen LogP contribution in [0.25, 0.3) is 0 Å². The van der Waals surface area contributed by atoms with Gasteiger partial charge in [-0.1, -0.05) is 6.58 Å². The van der Waals surface area contributed by atoms with Crippen LogP contribution in [-0.2, 0) is 16.1 Å².